The van der Waals surface area contributed by atoms with Gasteiger partial charge in [-0.15, -0.1) is 6.58 Å². The summed E-state index contributed by atoms with van der Waals surface area (Å²) in [6.07, 6.45) is 11.2. The summed E-state index contributed by atoms with van der Waals surface area (Å²) in [6, 6.07) is 0.223. The number of nitrogens with zero attached hydrogens (tertiary/aromatic N) is 1. The van der Waals surface area contributed by atoms with Crippen LogP contribution in [0.5, 0.6) is 0 Å². The van der Waals surface area contributed by atoms with Gasteiger partial charge in [0.1, 0.15) is 0 Å². The molecule has 0 radical (unpaired) electrons. The van der Waals surface area contributed by atoms with Gasteiger partial charge in [0.05, 0.1) is 12.6 Å². The summed E-state index contributed by atoms with van der Waals surface area (Å²) in [6.45, 7) is 14.2. The van der Waals surface area contributed by atoms with E-state index in [2.05, 4.69) is 39.6 Å². The lowest BCUT2D eigenvalue weighted by molar-refractivity contribution is 0.0986. The van der Waals surface area contributed by atoms with E-state index >= 15 is 0 Å². The van der Waals surface area contributed by atoms with Crippen molar-refractivity contribution in [1.82, 2.24) is 10.3 Å². The van der Waals surface area contributed by atoms with Gasteiger partial charge in [0.25, 0.3) is 0 Å². The summed E-state index contributed by atoms with van der Waals surface area (Å²) < 4.78 is 4.93. The van der Waals surface area contributed by atoms with Gasteiger partial charge in [-0.3, -0.25) is 0 Å². The van der Waals surface area contributed by atoms with Crippen molar-refractivity contribution < 1.29 is 19.4 Å². The lowest BCUT2D eigenvalue weighted by Crippen LogP contribution is -2.46. The van der Waals surface area contributed by atoms with Gasteiger partial charge in [0.15, 0.2) is 0 Å². The number of nitrogens with one attached hydrogen (secondary N) is 1. The van der Waals surface area contributed by atoms with Crippen LogP contribution in [0.2, 0.25) is 0 Å². The molecule has 2 saturated carbocycles. The SMILES string of the molecule is C=CC(C)C.CCC.CCOC(=O)NC1CCC(CC2CCC(N(N)C(=O)O)CC2)CC1. The number of ether oxygens (including phenoxy) is 1. The Bertz CT molecular complexity index is 511. The molecule has 0 aromatic carbocycles. The number of carbonyl (C=O) groups is 2. The predicted molar refractivity (Wildman–Crippen MR) is 131 cm³/mol. The molecule has 0 saturated heterocycles. The maximum atomic E-state index is 11.5. The van der Waals surface area contributed by atoms with Crippen molar-refractivity contribution in [2.24, 2.45) is 23.6 Å². The fourth-order valence-electron chi connectivity index (χ4n) is 4.17. The summed E-state index contributed by atoms with van der Waals surface area (Å²) in [7, 11) is 0. The molecule has 0 aromatic heterocycles. The molecule has 7 nitrogen and oxygen atoms in total. The number of carbonyl (C=O) groups excluding carboxylic acids is 1. The molecule has 2 aliphatic carbocycles. The molecule has 2 aliphatic rings. The van der Waals surface area contributed by atoms with Crippen LogP contribution < -0.4 is 11.2 Å². The third-order valence-electron chi connectivity index (χ3n) is 6.01. The lowest BCUT2D eigenvalue weighted by atomic mass is 9.75. The van der Waals surface area contributed by atoms with E-state index < -0.39 is 6.09 Å². The van der Waals surface area contributed by atoms with Crippen LogP contribution in [0, 0.1) is 17.8 Å². The molecule has 0 heterocycles. The van der Waals surface area contributed by atoms with E-state index in [1.807, 2.05) is 13.0 Å². The third kappa shape index (κ3) is 13.6. The van der Waals surface area contributed by atoms with Gasteiger partial charge in [0.2, 0.25) is 0 Å². The monoisotopic (exact) mass is 455 g/mol. The number of carboxylic acid groups (broad SMARTS) is 1. The highest BCUT2D eigenvalue weighted by molar-refractivity contribution is 5.67. The van der Waals surface area contributed by atoms with Gasteiger partial charge in [-0.25, -0.2) is 20.4 Å². The fraction of sp³-hybridized carbons (Fsp3) is 0.840. The van der Waals surface area contributed by atoms with Crippen molar-refractivity contribution in [2.45, 2.75) is 111 Å². The molecule has 0 spiro atoms. The van der Waals surface area contributed by atoms with Crippen LogP contribution in [-0.4, -0.2) is 41.0 Å². The first-order valence-electron chi connectivity index (χ1n) is 12.5. The molecule has 0 atom stereocenters. The van der Waals surface area contributed by atoms with Gasteiger partial charge in [-0.05, 0) is 82.5 Å². The van der Waals surface area contributed by atoms with E-state index in [1.54, 1.807) is 0 Å². The second-order valence-electron chi connectivity index (χ2n) is 9.37. The van der Waals surface area contributed by atoms with Crippen molar-refractivity contribution >= 4 is 12.2 Å². The van der Waals surface area contributed by atoms with Crippen molar-refractivity contribution in [1.29, 1.82) is 0 Å². The van der Waals surface area contributed by atoms with E-state index in [0.29, 0.717) is 18.4 Å². The number of hydrogen-bond acceptors (Lipinski definition) is 4. The second kappa shape index (κ2) is 17.8. The van der Waals surface area contributed by atoms with Gasteiger partial charge >= 0.3 is 12.2 Å². The summed E-state index contributed by atoms with van der Waals surface area (Å²) in [5.74, 6) is 7.64. The van der Waals surface area contributed by atoms with Gasteiger partial charge in [-0.2, -0.15) is 0 Å². The molecule has 2 fully saturated rings. The third-order valence-corrected chi connectivity index (χ3v) is 6.01. The predicted octanol–water partition coefficient (Wildman–Crippen LogP) is 6.34. The first kappa shape index (κ1) is 30.2. The molecule has 0 bridgehead atoms. The summed E-state index contributed by atoms with van der Waals surface area (Å²) in [5.41, 5.74) is 0. The van der Waals surface area contributed by atoms with Crippen LogP contribution in [0.4, 0.5) is 9.59 Å². The Kier molecular flexibility index (Phi) is 16.8. The fourth-order valence-corrected chi connectivity index (χ4v) is 4.17. The Hall–Kier alpha value is -1.76. The molecule has 7 heteroatoms. The zero-order chi connectivity index (χ0) is 24.5. The zero-order valence-electron chi connectivity index (χ0n) is 21.1. The minimum atomic E-state index is -1.04. The van der Waals surface area contributed by atoms with Crippen LogP contribution in [0.15, 0.2) is 12.7 Å². The Labute approximate surface area is 196 Å². The molecule has 32 heavy (non-hydrogen) atoms. The maximum Gasteiger partial charge on any atom is 0.421 e. The van der Waals surface area contributed by atoms with Crippen molar-refractivity contribution in [3.05, 3.63) is 12.7 Å². The van der Waals surface area contributed by atoms with Crippen LogP contribution in [0.3, 0.4) is 0 Å². The van der Waals surface area contributed by atoms with Crippen molar-refractivity contribution in [2.75, 3.05) is 6.61 Å². The Morgan fingerprint density at radius 3 is 1.88 bits per heavy atom. The van der Waals surface area contributed by atoms with E-state index in [-0.39, 0.29) is 18.2 Å². The van der Waals surface area contributed by atoms with E-state index in [9.17, 15) is 9.59 Å². The van der Waals surface area contributed by atoms with E-state index in [4.69, 9.17) is 15.7 Å². The maximum absolute atomic E-state index is 11.5. The zero-order valence-corrected chi connectivity index (χ0v) is 21.1. The number of alkyl carbamates (subject to hydrolysis) is 1. The molecule has 2 amide bonds. The number of allylic oxidation sites excluding steroid dienone is 1. The molecule has 0 aliphatic heterocycles. The van der Waals surface area contributed by atoms with Gasteiger partial charge in [0, 0.05) is 6.04 Å². The van der Waals surface area contributed by atoms with Crippen molar-refractivity contribution in [3.63, 3.8) is 0 Å². The normalized spacial score (nSPS) is 24.7. The van der Waals surface area contributed by atoms with Crippen LogP contribution in [-0.2, 0) is 4.74 Å². The summed E-state index contributed by atoms with van der Waals surface area (Å²) >= 11 is 0. The average Bonchev–Trinajstić information content (AvgIpc) is 2.76. The Balaban J connectivity index is 0.00000104. The quantitative estimate of drug-likeness (QED) is 0.188. The largest absolute Gasteiger partial charge is 0.464 e. The summed E-state index contributed by atoms with van der Waals surface area (Å²) in [4.78, 5) is 22.4. The second-order valence-corrected chi connectivity index (χ2v) is 9.37. The highest BCUT2D eigenvalue weighted by Gasteiger charge is 2.30. The molecule has 0 unspecified atom stereocenters. The first-order valence-corrected chi connectivity index (χ1v) is 12.5. The molecule has 0 aromatic rings. The van der Waals surface area contributed by atoms with Gasteiger partial charge < -0.3 is 15.2 Å². The minimum absolute atomic E-state index is 0.0248. The smallest absolute Gasteiger partial charge is 0.421 e. The van der Waals surface area contributed by atoms with Crippen LogP contribution >= 0.6 is 0 Å². The molecular formula is C25H49N3O4. The van der Waals surface area contributed by atoms with Crippen molar-refractivity contribution in [3.8, 4) is 0 Å². The highest BCUT2D eigenvalue weighted by Crippen LogP contribution is 2.36. The molecule has 4 N–H and O–H groups in total. The number of nitrogens with two attached hydrogens (primary N) is 1. The lowest BCUT2D eigenvalue weighted by Gasteiger charge is -2.35. The molecule has 2 rings (SSSR count). The molecule has 188 valence electrons. The van der Waals surface area contributed by atoms with Crippen LogP contribution in [0.1, 0.15) is 98.8 Å². The highest BCUT2D eigenvalue weighted by atomic mass is 16.5. The average molecular weight is 456 g/mol. The topological polar surface area (TPSA) is 105 Å². The summed E-state index contributed by atoms with van der Waals surface area (Å²) in [5, 5.41) is 12.9. The Morgan fingerprint density at radius 1 is 1.06 bits per heavy atom. The standard InChI is InChI=1S/C17H31N3O4.C5H10.C3H8/c1-2-24-16(21)19-14-7-3-12(4-8-14)11-13-5-9-15(10-6-13)20(18)17(22)23;1-4-5(2)3;1-3-2/h12-15H,2-11,18H2,1H3,(H,19,21)(H,22,23);4-5H,1H2,2-3H3;3H2,1-2H3. The van der Waals surface area contributed by atoms with Gasteiger partial charge in [-0.1, -0.05) is 40.2 Å². The minimum Gasteiger partial charge on any atom is -0.464 e. The van der Waals surface area contributed by atoms with E-state index in [1.165, 1.54) is 12.8 Å². The van der Waals surface area contributed by atoms with Crippen LogP contribution in [0.25, 0.3) is 0 Å². The number of hydrogen-bond donors (Lipinski definition) is 3. The van der Waals surface area contributed by atoms with E-state index in [0.717, 1.165) is 62.3 Å². The number of rotatable bonds is 6. The molecular weight excluding hydrogens is 406 g/mol. The Morgan fingerprint density at radius 2 is 1.50 bits per heavy atom. The number of amides is 2. The first-order chi connectivity index (χ1) is 15.2. The number of hydrazine groups is 1.